The third-order valence-electron chi connectivity index (χ3n) is 2.58. The molecule has 0 fully saturated rings. The summed E-state index contributed by atoms with van der Waals surface area (Å²) in [6.45, 7) is 0.324. The smallest absolute Gasteiger partial charge is 0.274 e. The highest BCUT2D eigenvalue weighted by atomic mass is 16.1. The van der Waals surface area contributed by atoms with Gasteiger partial charge in [0.15, 0.2) is 5.69 Å². The Labute approximate surface area is 110 Å². The topological polar surface area (TPSA) is 96.7 Å². The SMILES string of the molecule is Cn1cc(N)c(C(=O)NCc2cccc(C#N)c2)n1. The highest BCUT2D eigenvalue weighted by Crippen LogP contribution is 2.08. The van der Waals surface area contributed by atoms with Crippen LogP contribution in [0.2, 0.25) is 0 Å². The number of aromatic nitrogens is 2. The lowest BCUT2D eigenvalue weighted by molar-refractivity contribution is 0.0946. The molecule has 0 radical (unpaired) electrons. The number of carbonyl (C=O) groups is 1. The molecule has 19 heavy (non-hydrogen) atoms. The maximum atomic E-state index is 11.9. The maximum Gasteiger partial charge on any atom is 0.274 e. The lowest BCUT2D eigenvalue weighted by Crippen LogP contribution is -2.24. The van der Waals surface area contributed by atoms with Crippen LogP contribution in [0.1, 0.15) is 21.6 Å². The molecular formula is C13H13N5O. The molecule has 1 aromatic heterocycles. The van der Waals surface area contributed by atoms with Crippen LogP contribution in [0.15, 0.2) is 30.5 Å². The average molecular weight is 255 g/mol. The Balaban J connectivity index is 2.04. The fourth-order valence-corrected chi connectivity index (χ4v) is 1.70. The fourth-order valence-electron chi connectivity index (χ4n) is 1.70. The summed E-state index contributed by atoms with van der Waals surface area (Å²) < 4.78 is 1.49. The van der Waals surface area contributed by atoms with Crippen molar-refractivity contribution in [1.29, 1.82) is 5.26 Å². The van der Waals surface area contributed by atoms with Crippen LogP contribution in [0.4, 0.5) is 5.69 Å². The summed E-state index contributed by atoms with van der Waals surface area (Å²) in [5.41, 5.74) is 7.62. The van der Waals surface area contributed by atoms with E-state index in [-0.39, 0.29) is 11.6 Å². The van der Waals surface area contributed by atoms with Gasteiger partial charge in [0.2, 0.25) is 0 Å². The van der Waals surface area contributed by atoms with Crippen LogP contribution in [0.5, 0.6) is 0 Å². The summed E-state index contributed by atoms with van der Waals surface area (Å²) >= 11 is 0. The first kappa shape index (κ1) is 12.6. The summed E-state index contributed by atoms with van der Waals surface area (Å²) in [5.74, 6) is -0.333. The number of hydrogen-bond donors (Lipinski definition) is 2. The Morgan fingerprint density at radius 1 is 1.58 bits per heavy atom. The second-order valence-electron chi connectivity index (χ2n) is 4.10. The van der Waals surface area contributed by atoms with E-state index in [1.807, 2.05) is 6.07 Å². The minimum Gasteiger partial charge on any atom is -0.396 e. The molecule has 0 saturated heterocycles. The van der Waals surface area contributed by atoms with Gasteiger partial charge in [-0.3, -0.25) is 9.48 Å². The Morgan fingerprint density at radius 2 is 2.37 bits per heavy atom. The third-order valence-corrected chi connectivity index (χ3v) is 2.58. The maximum absolute atomic E-state index is 11.9. The summed E-state index contributed by atoms with van der Waals surface area (Å²) in [4.78, 5) is 11.9. The zero-order chi connectivity index (χ0) is 13.8. The molecule has 2 rings (SSSR count). The molecule has 0 saturated carbocycles. The van der Waals surface area contributed by atoms with Gasteiger partial charge in [0, 0.05) is 19.8 Å². The lowest BCUT2D eigenvalue weighted by Gasteiger charge is -2.04. The molecule has 0 aliphatic heterocycles. The van der Waals surface area contributed by atoms with Crippen LogP contribution < -0.4 is 11.1 Å². The normalized spacial score (nSPS) is 9.89. The summed E-state index contributed by atoms with van der Waals surface area (Å²) in [6, 6.07) is 9.09. The lowest BCUT2D eigenvalue weighted by atomic mass is 10.1. The zero-order valence-electron chi connectivity index (χ0n) is 10.4. The van der Waals surface area contributed by atoms with E-state index in [1.165, 1.54) is 4.68 Å². The molecule has 0 spiro atoms. The molecule has 96 valence electrons. The number of benzene rings is 1. The van der Waals surface area contributed by atoms with E-state index in [1.54, 1.807) is 31.4 Å². The minimum atomic E-state index is -0.333. The van der Waals surface area contributed by atoms with Gasteiger partial charge in [0.1, 0.15) is 0 Å². The molecule has 0 aliphatic carbocycles. The van der Waals surface area contributed by atoms with Gasteiger partial charge >= 0.3 is 0 Å². The number of hydrogen-bond acceptors (Lipinski definition) is 4. The van der Waals surface area contributed by atoms with Crippen molar-refractivity contribution in [3.63, 3.8) is 0 Å². The average Bonchev–Trinajstić information content (AvgIpc) is 2.75. The Kier molecular flexibility index (Phi) is 3.48. The van der Waals surface area contributed by atoms with Gasteiger partial charge in [0.25, 0.3) is 5.91 Å². The van der Waals surface area contributed by atoms with Gasteiger partial charge in [-0.2, -0.15) is 10.4 Å². The van der Waals surface area contributed by atoms with Crippen LogP contribution in [-0.4, -0.2) is 15.7 Å². The van der Waals surface area contributed by atoms with Crippen LogP contribution >= 0.6 is 0 Å². The largest absolute Gasteiger partial charge is 0.396 e. The molecule has 0 atom stereocenters. The number of nitrogen functional groups attached to an aromatic ring is 1. The zero-order valence-corrected chi connectivity index (χ0v) is 10.4. The van der Waals surface area contributed by atoms with Gasteiger partial charge in [0.05, 0.1) is 17.3 Å². The van der Waals surface area contributed by atoms with Gasteiger partial charge in [-0.15, -0.1) is 0 Å². The van der Waals surface area contributed by atoms with Crippen molar-refractivity contribution in [3.8, 4) is 6.07 Å². The molecule has 6 heteroatoms. The summed E-state index contributed by atoms with van der Waals surface area (Å²) in [7, 11) is 1.70. The van der Waals surface area contributed by atoms with Crippen molar-refractivity contribution >= 4 is 11.6 Å². The van der Waals surface area contributed by atoms with E-state index in [4.69, 9.17) is 11.0 Å². The highest BCUT2D eigenvalue weighted by molar-refractivity contribution is 5.96. The molecule has 6 nitrogen and oxygen atoms in total. The van der Waals surface area contributed by atoms with Gasteiger partial charge < -0.3 is 11.1 Å². The van der Waals surface area contributed by atoms with Gasteiger partial charge in [-0.25, -0.2) is 0 Å². The number of nitrogens with two attached hydrogens (primary N) is 1. The standard InChI is InChI=1S/C13H13N5O/c1-18-8-11(15)12(17-18)13(19)16-7-10-4-2-3-9(5-10)6-14/h2-5,8H,7,15H2,1H3,(H,16,19). The van der Waals surface area contributed by atoms with Crippen molar-refractivity contribution < 1.29 is 4.79 Å². The number of nitrogens with one attached hydrogen (secondary N) is 1. The van der Waals surface area contributed by atoms with E-state index in [0.717, 1.165) is 5.56 Å². The number of nitrogens with zero attached hydrogens (tertiary/aromatic N) is 3. The Morgan fingerprint density at radius 3 is 3.00 bits per heavy atom. The number of nitriles is 1. The van der Waals surface area contributed by atoms with Gasteiger partial charge in [-0.05, 0) is 17.7 Å². The molecule has 0 unspecified atom stereocenters. The van der Waals surface area contributed by atoms with Crippen molar-refractivity contribution in [1.82, 2.24) is 15.1 Å². The van der Waals surface area contributed by atoms with Crippen molar-refractivity contribution in [2.24, 2.45) is 7.05 Å². The number of carbonyl (C=O) groups excluding carboxylic acids is 1. The number of anilines is 1. The molecule has 1 aromatic carbocycles. The summed E-state index contributed by atoms with van der Waals surface area (Å²) in [5, 5.41) is 15.5. The van der Waals surface area contributed by atoms with Crippen molar-refractivity contribution in [3.05, 3.63) is 47.3 Å². The van der Waals surface area contributed by atoms with Gasteiger partial charge in [-0.1, -0.05) is 12.1 Å². The van der Waals surface area contributed by atoms with Crippen LogP contribution in [0.25, 0.3) is 0 Å². The molecule has 1 amide bonds. The van der Waals surface area contributed by atoms with E-state index < -0.39 is 0 Å². The van der Waals surface area contributed by atoms with E-state index in [0.29, 0.717) is 17.8 Å². The second kappa shape index (κ2) is 5.23. The van der Waals surface area contributed by atoms with E-state index in [9.17, 15) is 4.79 Å². The molecule has 0 bridgehead atoms. The second-order valence-corrected chi connectivity index (χ2v) is 4.10. The predicted octanol–water partition coefficient (Wildman–Crippen LogP) is 0.804. The first-order chi connectivity index (χ1) is 9.10. The number of aryl methyl sites for hydroxylation is 1. The predicted molar refractivity (Wildman–Crippen MR) is 69.9 cm³/mol. The van der Waals surface area contributed by atoms with E-state index in [2.05, 4.69) is 16.5 Å². The monoisotopic (exact) mass is 255 g/mol. The number of rotatable bonds is 3. The molecule has 2 aromatic rings. The first-order valence-electron chi connectivity index (χ1n) is 5.66. The first-order valence-corrected chi connectivity index (χ1v) is 5.66. The minimum absolute atomic E-state index is 0.207. The number of amides is 1. The van der Waals surface area contributed by atoms with E-state index >= 15 is 0 Å². The fraction of sp³-hybridized carbons (Fsp3) is 0.154. The Hall–Kier alpha value is -2.81. The highest BCUT2D eigenvalue weighted by Gasteiger charge is 2.13. The molecular weight excluding hydrogens is 242 g/mol. The van der Waals surface area contributed by atoms with Crippen molar-refractivity contribution in [2.45, 2.75) is 6.54 Å². The summed E-state index contributed by atoms with van der Waals surface area (Å²) in [6.07, 6.45) is 1.57. The third kappa shape index (κ3) is 2.90. The molecule has 0 aliphatic rings. The van der Waals surface area contributed by atoms with Crippen molar-refractivity contribution in [2.75, 3.05) is 5.73 Å². The Bertz CT molecular complexity index is 653. The molecule has 1 heterocycles. The quantitative estimate of drug-likeness (QED) is 0.847. The molecule has 3 N–H and O–H groups in total. The van der Waals surface area contributed by atoms with Crippen LogP contribution in [0.3, 0.4) is 0 Å². The van der Waals surface area contributed by atoms with Crippen LogP contribution in [-0.2, 0) is 13.6 Å². The van der Waals surface area contributed by atoms with Crippen LogP contribution in [0, 0.1) is 11.3 Å².